The van der Waals surface area contributed by atoms with E-state index < -0.39 is 0 Å². The van der Waals surface area contributed by atoms with Crippen molar-refractivity contribution in [2.75, 3.05) is 12.8 Å². The third-order valence-corrected chi connectivity index (χ3v) is 2.79. The van der Waals surface area contributed by atoms with Gasteiger partial charge < -0.3 is 10.5 Å². The summed E-state index contributed by atoms with van der Waals surface area (Å²) in [5, 5.41) is 8.68. The van der Waals surface area contributed by atoms with Gasteiger partial charge in [0.1, 0.15) is 5.69 Å². The van der Waals surface area contributed by atoms with Gasteiger partial charge in [0.05, 0.1) is 24.9 Å². The molecule has 0 spiro atoms. The van der Waals surface area contributed by atoms with Crippen LogP contribution in [-0.2, 0) is 0 Å². The molecule has 6 nitrogen and oxygen atoms in total. The number of nitrogens with two attached hydrogens (primary N) is 1. The van der Waals surface area contributed by atoms with Crippen LogP contribution in [0.1, 0.15) is 18.9 Å². The summed E-state index contributed by atoms with van der Waals surface area (Å²) in [4.78, 5) is 5.74. The smallest absolute Gasteiger partial charge is 0.170 e. The third kappa shape index (κ3) is 1.71. The van der Waals surface area contributed by atoms with Gasteiger partial charge in [0, 0.05) is 6.20 Å². The molecule has 0 amide bonds. The summed E-state index contributed by atoms with van der Waals surface area (Å²) in [6, 6.07) is 2.30. The highest BCUT2D eigenvalue weighted by molar-refractivity contribution is 5.71. The van der Waals surface area contributed by atoms with Crippen LogP contribution in [0, 0.1) is 0 Å². The average Bonchev–Trinajstić information content (AvgIpc) is 3.07. The van der Waals surface area contributed by atoms with Crippen LogP contribution in [0.3, 0.4) is 0 Å². The first-order valence-electron chi connectivity index (χ1n) is 5.50. The number of anilines is 1. The average molecular weight is 231 g/mol. The van der Waals surface area contributed by atoms with Gasteiger partial charge in [0.15, 0.2) is 11.6 Å². The van der Waals surface area contributed by atoms with Gasteiger partial charge in [-0.2, -0.15) is 15.0 Å². The minimum absolute atomic E-state index is 0.367. The SMILES string of the molecule is COc1c(-c2cnn(C3CC3)n2)ccnc1N. The van der Waals surface area contributed by atoms with Gasteiger partial charge >= 0.3 is 0 Å². The van der Waals surface area contributed by atoms with Crippen LogP contribution in [0.4, 0.5) is 5.82 Å². The number of pyridine rings is 1. The maximum absolute atomic E-state index is 5.76. The van der Waals surface area contributed by atoms with Gasteiger partial charge in [-0.15, -0.1) is 0 Å². The van der Waals surface area contributed by atoms with Gasteiger partial charge in [0.2, 0.25) is 0 Å². The molecule has 0 radical (unpaired) electrons. The van der Waals surface area contributed by atoms with E-state index in [0.29, 0.717) is 17.6 Å². The third-order valence-electron chi connectivity index (χ3n) is 2.79. The van der Waals surface area contributed by atoms with E-state index in [0.717, 1.165) is 24.1 Å². The molecule has 88 valence electrons. The Morgan fingerprint density at radius 1 is 1.47 bits per heavy atom. The molecule has 0 aromatic carbocycles. The van der Waals surface area contributed by atoms with Crippen LogP contribution >= 0.6 is 0 Å². The Kier molecular flexibility index (Phi) is 2.21. The van der Waals surface area contributed by atoms with E-state index in [1.165, 1.54) is 0 Å². The zero-order valence-electron chi connectivity index (χ0n) is 9.50. The fourth-order valence-electron chi connectivity index (χ4n) is 1.76. The largest absolute Gasteiger partial charge is 0.492 e. The van der Waals surface area contributed by atoms with Gasteiger partial charge in [0.25, 0.3) is 0 Å². The molecule has 2 N–H and O–H groups in total. The molecule has 3 rings (SSSR count). The van der Waals surface area contributed by atoms with Crippen LogP contribution < -0.4 is 10.5 Å². The van der Waals surface area contributed by atoms with Gasteiger partial charge in [-0.05, 0) is 18.9 Å². The van der Waals surface area contributed by atoms with Crippen LogP contribution in [0.2, 0.25) is 0 Å². The molecular formula is C11H13N5O. The number of aromatic nitrogens is 4. The molecule has 1 aliphatic rings. The maximum Gasteiger partial charge on any atom is 0.170 e. The molecule has 0 bridgehead atoms. The van der Waals surface area contributed by atoms with E-state index in [4.69, 9.17) is 10.5 Å². The predicted octanol–water partition coefficient (Wildman–Crippen LogP) is 1.27. The Bertz CT molecular complexity index is 547. The second kappa shape index (κ2) is 3.73. The minimum atomic E-state index is 0.367. The standard InChI is InChI=1S/C11H13N5O/c1-17-10-8(4-5-13-11(10)12)9-6-14-16(15-9)7-2-3-7/h4-7H,2-3H2,1H3,(H2,12,13). The van der Waals surface area contributed by atoms with E-state index in [1.807, 2.05) is 6.07 Å². The number of ether oxygens (including phenoxy) is 1. The Hall–Kier alpha value is -2.11. The first-order valence-corrected chi connectivity index (χ1v) is 5.50. The highest BCUT2D eigenvalue weighted by atomic mass is 16.5. The lowest BCUT2D eigenvalue weighted by molar-refractivity contribution is 0.417. The van der Waals surface area contributed by atoms with Crippen molar-refractivity contribution in [1.29, 1.82) is 0 Å². The molecule has 17 heavy (non-hydrogen) atoms. The lowest BCUT2D eigenvalue weighted by atomic mass is 10.2. The fraction of sp³-hybridized carbons (Fsp3) is 0.364. The molecule has 0 atom stereocenters. The second-order valence-corrected chi connectivity index (χ2v) is 4.06. The number of methoxy groups -OCH3 is 1. The van der Waals surface area contributed by atoms with Crippen molar-refractivity contribution in [3.05, 3.63) is 18.5 Å². The van der Waals surface area contributed by atoms with Crippen molar-refractivity contribution in [2.45, 2.75) is 18.9 Å². The Morgan fingerprint density at radius 3 is 3.00 bits per heavy atom. The Balaban J connectivity index is 2.04. The maximum atomic E-state index is 5.76. The zero-order valence-corrected chi connectivity index (χ0v) is 9.50. The van der Waals surface area contributed by atoms with Crippen molar-refractivity contribution in [1.82, 2.24) is 20.0 Å². The Morgan fingerprint density at radius 2 is 2.29 bits per heavy atom. The molecule has 1 aliphatic carbocycles. The van der Waals surface area contributed by atoms with Crippen molar-refractivity contribution in [3.63, 3.8) is 0 Å². The summed E-state index contributed by atoms with van der Waals surface area (Å²) in [6.07, 6.45) is 5.69. The van der Waals surface area contributed by atoms with E-state index in [1.54, 1.807) is 24.3 Å². The van der Waals surface area contributed by atoms with Crippen molar-refractivity contribution >= 4 is 5.82 Å². The summed E-state index contributed by atoms with van der Waals surface area (Å²) in [6.45, 7) is 0. The van der Waals surface area contributed by atoms with Crippen molar-refractivity contribution in [3.8, 4) is 17.0 Å². The van der Waals surface area contributed by atoms with E-state index >= 15 is 0 Å². The molecule has 2 aromatic heterocycles. The van der Waals surface area contributed by atoms with E-state index in [-0.39, 0.29) is 0 Å². The fourth-order valence-corrected chi connectivity index (χ4v) is 1.76. The highest BCUT2D eigenvalue weighted by Gasteiger charge is 2.26. The summed E-state index contributed by atoms with van der Waals surface area (Å²) < 4.78 is 5.25. The normalized spacial score (nSPS) is 14.9. The number of nitrogen functional groups attached to an aromatic ring is 1. The summed E-state index contributed by atoms with van der Waals surface area (Å²) in [5.74, 6) is 0.918. The van der Waals surface area contributed by atoms with Crippen LogP contribution in [-0.4, -0.2) is 27.1 Å². The minimum Gasteiger partial charge on any atom is -0.492 e. The quantitative estimate of drug-likeness (QED) is 0.860. The molecule has 6 heteroatoms. The zero-order chi connectivity index (χ0) is 11.8. The van der Waals surface area contributed by atoms with Crippen molar-refractivity contribution in [2.24, 2.45) is 0 Å². The molecule has 2 aromatic rings. The summed E-state index contributed by atoms with van der Waals surface area (Å²) >= 11 is 0. The topological polar surface area (TPSA) is 78.8 Å². The van der Waals surface area contributed by atoms with Gasteiger partial charge in [-0.3, -0.25) is 0 Å². The van der Waals surface area contributed by atoms with Crippen LogP contribution in [0.15, 0.2) is 18.5 Å². The molecular weight excluding hydrogens is 218 g/mol. The first kappa shape index (κ1) is 10.1. The van der Waals surface area contributed by atoms with E-state index in [2.05, 4.69) is 15.2 Å². The van der Waals surface area contributed by atoms with E-state index in [9.17, 15) is 0 Å². The molecule has 0 unspecified atom stereocenters. The predicted molar refractivity (Wildman–Crippen MR) is 62.5 cm³/mol. The number of hydrogen-bond donors (Lipinski definition) is 1. The molecule has 1 fully saturated rings. The van der Waals surface area contributed by atoms with Gasteiger partial charge in [-0.25, -0.2) is 4.98 Å². The molecule has 1 saturated carbocycles. The Labute approximate surface area is 98.4 Å². The molecule has 2 heterocycles. The monoisotopic (exact) mass is 231 g/mol. The lowest BCUT2D eigenvalue weighted by Crippen LogP contribution is -2.00. The van der Waals surface area contributed by atoms with Crippen molar-refractivity contribution < 1.29 is 4.74 Å². The number of rotatable bonds is 3. The molecule has 0 aliphatic heterocycles. The van der Waals surface area contributed by atoms with Crippen LogP contribution in [0.5, 0.6) is 5.75 Å². The van der Waals surface area contributed by atoms with Crippen LogP contribution in [0.25, 0.3) is 11.3 Å². The number of nitrogens with zero attached hydrogens (tertiary/aromatic N) is 4. The summed E-state index contributed by atoms with van der Waals surface area (Å²) in [5.41, 5.74) is 7.35. The summed E-state index contributed by atoms with van der Waals surface area (Å²) in [7, 11) is 1.57. The molecule has 0 saturated heterocycles. The second-order valence-electron chi connectivity index (χ2n) is 4.06. The lowest BCUT2D eigenvalue weighted by Gasteiger charge is -2.07. The first-order chi connectivity index (χ1) is 8.29. The van der Waals surface area contributed by atoms with Gasteiger partial charge in [-0.1, -0.05) is 0 Å². The highest BCUT2D eigenvalue weighted by Crippen LogP contribution is 2.36. The number of hydrogen-bond acceptors (Lipinski definition) is 5.